The van der Waals surface area contributed by atoms with Crippen molar-refractivity contribution in [3.05, 3.63) is 53.2 Å². The molecule has 0 aliphatic carbocycles. The maximum Gasteiger partial charge on any atom is 0.191 e. The first kappa shape index (κ1) is 16.1. The van der Waals surface area contributed by atoms with Crippen LogP contribution in [0.4, 0.5) is 0 Å². The number of pyridine rings is 1. The Morgan fingerprint density at radius 2 is 2.14 bits per heavy atom. The van der Waals surface area contributed by atoms with E-state index in [2.05, 4.69) is 27.5 Å². The molecule has 2 aromatic rings. The van der Waals surface area contributed by atoms with Crippen molar-refractivity contribution in [1.29, 1.82) is 0 Å². The van der Waals surface area contributed by atoms with Crippen LogP contribution in [0.5, 0.6) is 0 Å². The molecular weight excluding hydrogens is 276 g/mol. The summed E-state index contributed by atoms with van der Waals surface area (Å²) in [7, 11) is 0. The van der Waals surface area contributed by atoms with Gasteiger partial charge >= 0.3 is 0 Å². The van der Waals surface area contributed by atoms with Gasteiger partial charge in [-0.3, -0.25) is 4.98 Å². The minimum atomic E-state index is 0.613. The van der Waals surface area contributed by atoms with Crippen LogP contribution >= 0.6 is 0 Å². The quantitative estimate of drug-likeness (QED) is 0.636. The zero-order chi connectivity index (χ0) is 15.8. The molecule has 0 aliphatic heterocycles. The van der Waals surface area contributed by atoms with Gasteiger partial charge in [0.15, 0.2) is 5.96 Å². The molecule has 2 N–H and O–H groups in total. The van der Waals surface area contributed by atoms with Gasteiger partial charge in [-0.2, -0.15) is 0 Å². The highest BCUT2D eigenvalue weighted by atomic mass is 16.3. The Hall–Kier alpha value is -2.30. The lowest BCUT2D eigenvalue weighted by atomic mass is 10.2. The van der Waals surface area contributed by atoms with Crippen LogP contribution in [0, 0.1) is 13.8 Å². The largest absolute Gasteiger partial charge is 0.466 e. The summed E-state index contributed by atoms with van der Waals surface area (Å²) in [5.41, 5.74) is 2.20. The highest BCUT2D eigenvalue weighted by molar-refractivity contribution is 5.79. The molecule has 0 unspecified atom stereocenters. The smallest absolute Gasteiger partial charge is 0.191 e. The average molecular weight is 300 g/mol. The van der Waals surface area contributed by atoms with Crippen LogP contribution in [-0.4, -0.2) is 24.0 Å². The fourth-order valence-electron chi connectivity index (χ4n) is 2.20. The monoisotopic (exact) mass is 300 g/mol. The minimum Gasteiger partial charge on any atom is -0.466 e. The second-order valence-corrected chi connectivity index (χ2v) is 5.13. The first-order valence-corrected chi connectivity index (χ1v) is 7.67. The Kier molecular flexibility index (Phi) is 6.01. The van der Waals surface area contributed by atoms with E-state index >= 15 is 0 Å². The van der Waals surface area contributed by atoms with Crippen molar-refractivity contribution in [1.82, 2.24) is 15.6 Å². The minimum absolute atomic E-state index is 0.613. The van der Waals surface area contributed by atoms with Gasteiger partial charge in [-0.25, -0.2) is 4.99 Å². The molecule has 0 aromatic carbocycles. The van der Waals surface area contributed by atoms with Gasteiger partial charge in [-0.05, 0) is 39.0 Å². The van der Waals surface area contributed by atoms with Crippen LogP contribution in [0.1, 0.15) is 29.7 Å². The fourth-order valence-corrected chi connectivity index (χ4v) is 2.20. The predicted octanol–water partition coefficient (Wildman–Crippen LogP) is 2.59. The number of hydrogen-bond donors (Lipinski definition) is 2. The summed E-state index contributed by atoms with van der Waals surface area (Å²) in [4.78, 5) is 8.92. The maximum atomic E-state index is 5.53. The van der Waals surface area contributed by atoms with Gasteiger partial charge < -0.3 is 15.1 Å². The Balaban J connectivity index is 1.88. The van der Waals surface area contributed by atoms with E-state index in [1.807, 2.05) is 44.3 Å². The Bertz CT molecular complexity index is 604. The summed E-state index contributed by atoms with van der Waals surface area (Å²) in [6.07, 6.45) is 2.69. The third-order valence-corrected chi connectivity index (χ3v) is 3.30. The summed E-state index contributed by atoms with van der Waals surface area (Å²) in [6.45, 7) is 8.23. The molecule has 0 saturated heterocycles. The van der Waals surface area contributed by atoms with Gasteiger partial charge in [0.05, 0.1) is 6.54 Å². The van der Waals surface area contributed by atoms with E-state index in [4.69, 9.17) is 4.42 Å². The molecule has 5 nitrogen and oxygen atoms in total. The summed E-state index contributed by atoms with van der Waals surface area (Å²) >= 11 is 0. The molecule has 0 amide bonds. The van der Waals surface area contributed by atoms with Crippen molar-refractivity contribution >= 4 is 5.96 Å². The van der Waals surface area contributed by atoms with Crippen molar-refractivity contribution < 1.29 is 4.42 Å². The van der Waals surface area contributed by atoms with Crippen molar-refractivity contribution in [2.45, 2.75) is 33.7 Å². The normalized spacial score (nSPS) is 11.5. The van der Waals surface area contributed by atoms with Gasteiger partial charge in [0.1, 0.15) is 11.5 Å². The van der Waals surface area contributed by atoms with Gasteiger partial charge in [0, 0.05) is 37.0 Å². The first-order valence-electron chi connectivity index (χ1n) is 7.67. The first-order chi connectivity index (χ1) is 10.7. The van der Waals surface area contributed by atoms with Crippen LogP contribution in [0.2, 0.25) is 0 Å². The third kappa shape index (κ3) is 4.91. The highest BCUT2D eigenvalue weighted by Gasteiger charge is 2.04. The number of aromatic nitrogens is 1. The molecule has 2 aromatic heterocycles. The summed E-state index contributed by atoms with van der Waals surface area (Å²) in [6, 6.07) is 8.00. The van der Waals surface area contributed by atoms with Crippen molar-refractivity contribution in [3.8, 4) is 0 Å². The topological polar surface area (TPSA) is 62.5 Å². The predicted molar refractivity (Wildman–Crippen MR) is 88.9 cm³/mol. The molecule has 5 heteroatoms. The number of rotatable bonds is 6. The molecule has 2 heterocycles. The molecule has 0 aliphatic rings. The van der Waals surface area contributed by atoms with Gasteiger partial charge in [-0.15, -0.1) is 0 Å². The molecule has 0 saturated carbocycles. The molecule has 22 heavy (non-hydrogen) atoms. The van der Waals surface area contributed by atoms with Crippen LogP contribution in [-0.2, 0) is 13.0 Å². The third-order valence-electron chi connectivity index (χ3n) is 3.30. The number of guanidine groups is 1. The van der Waals surface area contributed by atoms with E-state index in [-0.39, 0.29) is 0 Å². The highest BCUT2D eigenvalue weighted by Crippen LogP contribution is 2.14. The Labute approximate surface area is 131 Å². The molecule has 118 valence electrons. The van der Waals surface area contributed by atoms with Crippen molar-refractivity contribution in [3.63, 3.8) is 0 Å². The molecule has 0 radical (unpaired) electrons. The summed E-state index contributed by atoms with van der Waals surface area (Å²) < 4.78 is 5.53. The lowest BCUT2D eigenvalue weighted by molar-refractivity contribution is 0.501. The van der Waals surface area contributed by atoms with Crippen LogP contribution in [0.15, 0.2) is 39.9 Å². The zero-order valence-corrected chi connectivity index (χ0v) is 13.5. The van der Waals surface area contributed by atoms with Crippen molar-refractivity contribution in [2.24, 2.45) is 4.99 Å². The number of aliphatic imine (C=N–C) groups is 1. The standard InChI is InChI=1S/C17H24N4O/c1-4-18-17(20-10-8-16-7-5-6-9-19-16)21-12-15-11-13(2)22-14(15)3/h5-7,9,11H,4,8,10,12H2,1-3H3,(H2,18,20,21). The number of nitrogens with one attached hydrogen (secondary N) is 2. The van der Waals surface area contributed by atoms with Gasteiger partial charge in [0.25, 0.3) is 0 Å². The average Bonchev–Trinajstić information content (AvgIpc) is 2.84. The van der Waals surface area contributed by atoms with Gasteiger partial charge in [0.2, 0.25) is 0 Å². The summed E-state index contributed by atoms with van der Waals surface area (Å²) in [5, 5.41) is 6.59. The second-order valence-electron chi connectivity index (χ2n) is 5.13. The van der Waals surface area contributed by atoms with E-state index in [0.29, 0.717) is 6.54 Å². The fraction of sp³-hybridized carbons (Fsp3) is 0.412. The summed E-state index contributed by atoms with van der Waals surface area (Å²) in [5.74, 6) is 2.68. The molecule has 0 atom stereocenters. The molecule has 2 rings (SSSR count). The zero-order valence-electron chi connectivity index (χ0n) is 13.5. The van der Waals surface area contributed by atoms with Crippen molar-refractivity contribution in [2.75, 3.05) is 13.1 Å². The number of hydrogen-bond acceptors (Lipinski definition) is 3. The molecule has 0 fully saturated rings. The molecule has 0 spiro atoms. The Morgan fingerprint density at radius 3 is 2.77 bits per heavy atom. The number of nitrogens with zero attached hydrogens (tertiary/aromatic N) is 2. The molecular formula is C17H24N4O. The SMILES string of the molecule is CCNC(=NCc1cc(C)oc1C)NCCc1ccccn1. The van der Waals surface area contributed by atoms with E-state index in [1.165, 1.54) is 0 Å². The van der Waals surface area contributed by atoms with Crippen LogP contribution in [0.25, 0.3) is 0 Å². The lowest BCUT2D eigenvalue weighted by Crippen LogP contribution is -2.38. The van der Waals surface area contributed by atoms with E-state index in [1.54, 1.807) is 0 Å². The number of furan rings is 1. The van der Waals surface area contributed by atoms with E-state index in [0.717, 1.165) is 48.2 Å². The van der Waals surface area contributed by atoms with Gasteiger partial charge in [-0.1, -0.05) is 6.07 Å². The lowest BCUT2D eigenvalue weighted by Gasteiger charge is -2.10. The van der Waals surface area contributed by atoms with Crippen LogP contribution in [0.3, 0.4) is 0 Å². The maximum absolute atomic E-state index is 5.53. The Morgan fingerprint density at radius 1 is 1.27 bits per heavy atom. The molecule has 0 bridgehead atoms. The van der Waals surface area contributed by atoms with E-state index in [9.17, 15) is 0 Å². The van der Waals surface area contributed by atoms with E-state index < -0.39 is 0 Å². The number of aryl methyl sites for hydroxylation is 2. The second kappa shape index (κ2) is 8.22. The van der Waals surface area contributed by atoms with Crippen LogP contribution < -0.4 is 10.6 Å².